The third-order valence-corrected chi connectivity index (χ3v) is 16.2. The number of amides is 3. The Morgan fingerprint density at radius 3 is 2.09 bits per heavy atom. The third kappa shape index (κ3) is 12.0. The molecule has 4 saturated heterocycles. The van der Waals surface area contributed by atoms with Crippen LogP contribution < -0.4 is 29.6 Å². The smallest absolute Gasteiger partial charge is 0.353 e. The van der Waals surface area contributed by atoms with E-state index < -0.39 is 34.5 Å². The Hall–Kier alpha value is -6.98. The van der Waals surface area contributed by atoms with E-state index in [1.54, 1.807) is 70.4 Å². The Kier molecular flexibility index (Phi) is 15.5. The zero-order chi connectivity index (χ0) is 54.0. The molecule has 0 unspecified atom stereocenters. The standard InChI is InChI=1S/C53H61BN10O10S2/c1-32-56-39(30-75-32)42(60-74-52(5,6)50(68)73-51(2,3)4)47(66)57-43-48(67)62-44(45-58-61-63(54)59-45)36(29-76-49(43)62)26-64-22-19-53(20-23-64,21-24-64)31-55-46(65)35-13-18-40(71-27-33-9-14-37(69-7)15-10-33)41(25-35)72-28-34-11-16-38(70-8)17-12-34/h9-18,25,30,43,49H,19-24,26-29,31H2,1-8H3,(H-,55,57,65,66)/p+1/b60-42-/t43-,49-,53?,64?/m1/s1. The topological polar surface area (TPSA) is 220 Å². The van der Waals surface area contributed by atoms with Crippen LogP contribution in [0.3, 0.4) is 0 Å². The summed E-state index contributed by atoms with van der Waals surface area (Å²) in [7, 11) is 9.18. The van der Waals surface area contributed by atoms with Gasteiger partial charge in [-0.25, -0.2) is 14.5 Å². The first kappa shape index (κ1) is 53.8. The number of oxime groups is 1. The van der Waals surface area contributed by atoms with E-state index >= 15 is 0 Å². The number of piperidine rings is 3. The van der Waals surface area contributed by atoms with Crippen LogP contribution in [0.1, 0.15) is 91.9 Å². The molecular formula is C53H62BN10O10S2+. The number of tetrazole rings is 1. The van der Waals surface area contributed by atoms with Gasteiger partial charge in [0, 0.05) is 53.5 Å². The van der Waals surface area contributed by atoms with Crippen LogP contribution >= 0.6 is 23.1 Å². The Bertz CT molecular complexity index is 3020. The molecule has 5 aliphatic rings. The number of esters is 1. The van der Waals surface area contributed by atoms with Crippen molar-refractivity contribution in [2.75, 3.05) is 52.7 Å². The lowest BCUT2D eigenvalue weighted by molar-refractivity contribution is -0.941. The molecule has 10 rings (SSSR count). The van der Waals surface area contributed by atoms with Gasteiger partial charge in [0.1, 0.15) is 54.0 Å². The summed E-state index contributed by atoms with van der Waals surface area (Å²) in [5.74, 6) is 1.28. The lowest BCUT2D eigenvalue weighted by atomic mass is 9.70. The van der Waals surface area contributed by atoms with E-state index in [9.17, 15) is 19.2 Å². The molecule has 5 aliphatic heterocycles. The molecule has 2 atom stereocenters. The average Bonchev–Trinajstić information content (AvgIpc) is 4.09. The van der Waals surface area contributed by atoms with Crippen molar-refractivity contribution in [2.45, 2.75) is 96.6 Å². The van der Waals surface area contributed by atoms with Gasteiger partial charge < -0.3 is 43.6 Å². The largest absolute Gasteiger partial charge is 0.497 e. The van der Waals surface area contributed by atoms with E-state index in [1.807, 2.05) is 48.5 Å². The number of methoxy groups -OCH3 is 2. The minimum Gasteiger partial charge on any atom is -0.497 e. The molecule has 3 aromatic carbocycles. The molecule has 20 nitrogen and oxygen atoms in total. The molecule has 0 aliphatic carbocycles. The molecule has 3 amide bonds. The van der Waals surface area contributed by atoms with E-state index in [1.165, 1.54) is 36.9 Å². The second-order valence-corrected chi connectivity index (χ2v) is 23.2. The second-order valence-electron chi connectivity index (χ2n) is 21.1. The van der Waals surface area contributed by atoms with Crippen molar-refractivity contribution >= 4 is 66.2 Å². The number of thiazole rings is 1. The van der Waals surface area contributed by atoms with Gasteiger partial charge in [-0.05, 0) is 95.1 Å². The average molecular weight is 1070 g/mol. The van der Waals surface area contributed by atoms with E-state index in [4.69, 9.17) is 36.5 Å². The maximum Gasteiger partial charge on any atom is 0.353 e. The minimum absolute atomic E-state index is 0.0764. The van der Waals surface area contributed by atoms with Crippen LogP contribution in [-0.2, 0) is 37.2 Å². The number of nitrogens with zero attached hydrogens (tertiary/aromatic N) is 8. The van der Waals surface area contributed by atoms with Crippen molar-refractivity contribution in [1.29, 1.82) is 0 Å². The van der Waals surface area contributed by atoms with Crippen LogP contribution in [0.4, 0.5) is 0 Å². The van der Waals surface area contributed by atoms with Crippen LogP contribution in [0.25, 0.3) is 5.70 Å². The highest BCUT2D eigenvalue weighted by molar-refractivity contribution is 8.00. The number of aryl methyl sites for hydroxylation is 1. The number of ether oxygens (including phenoxy) is 5. The van der Waals surface area contributed by atoms with Crippen molar-refractivity contribution in [3.8, 4) is 23.0 Å². The first-order valence-electron chi connectivity index (χ1n) is 25.0. The van der Waals surface area contributed by atoms with Gasteiger partial charge >= 0.3 is 5.97 Å². The Labute approximate surface area is 450 Å². The molecule has 76 heavy (non-hydrogen) atoms. The molecular weight excluding hydrogens is 1010 g/mol. The Morgan fingerprint density at radius 1 is 0.895 bits per heavy atom. The number of hydrogen-bond acceptors (Lipinski definition) is 17. The lowest BCUT2D eigenvalue weighted by Crippen LogP contribution is -2.70. The first-order chi connectivity index (χ1) is 36.2. The molecule has 2 aromatic heterocycles. The molecule has 2 bridgehead atoms. The van der Waals surface area contributed by atoms with Gasteiger partial charge in [-0.15, -0.1) is 33.3 Å². The number of fused-ring (bicyclic) bond motifs is 4. The third-order valence-electron chi connectivity index (χ3n) is 14.1. The first-order valence-corrected chi connectivity index (χ1v) is 26.9. The van der Waals surface area contributed by atoms with Gasteiger partial charge in [0.15, 0.2) is 17.2 Å². The molecule has 4 fully saturated rings. The lowest BCUT2D eigenvalue weighted by Gasteiger charge is -2.56. The number of aromatic nitrogens is 5. The number of β-lactam (4-membered cyclic amide) rings is 1. The second kappa shape index (κ2) is 21.9. The normalized spacial score (nSPS) is 21.3. The maximum absolute atomic E-state index is 14.3. The van der Waals surface area contributed by atoms with Crippen LogP contribution in [0.5, 0.6) is 23.0 Å². The Balaban J connectivity index is 0.853. The summed E-state index contributed by atoms with van der Waals surface area (Å²) in [4.78, 5) is 67.0. The Morgan fingerprint density at radius 2 is 1.53 bits per heavy atom. The van der Waals surface area contributed by atoms with E-state index in [2.05, 4.69) is 36.2 Å². The van der Waals surface area contributed by atoms with Crippen molar-refractivity contribution in [2.24, 2.45) is 10.6 Å². The van der Waals surface area contributed by atoms with Crippen molar-refractivity contribution < 1.29 is 52.2 Å². The van der Waals surface area contributed by atoms with Gasteiger partial charge in [-0.3, -0.25) is 19.3 Å². The zero-order valence-electron chi connectivity index (χ0n) is 43.9. The number of carbonyl (C=O) groups is 4. The van der Waals surface area contributed by atoms with Gasteiger partial charge in [-0.1, -0.05) is 34.6 Å². The van der Waals surface area contributed by atoms with Gasteiger partial charge in [0.25, 0.3) is 25.7 Å². The van der Waals surface area contributed by atoms with Crippen LogP contribution in [0.15, 0.2) is 82.8 Å². The maximum atomic E-state index is 14.3. The highest BCUT2D eigenvalue weighted by atomic mass is 32.2. The number of nitrogens with one attached hydrogen (secondary N) is 2. The predicted octanol–water partition coefficient (Wildman–Crippen LogP) is 5.63. The highest BCUT2D eigenvalue weighted by Gasteiger charge is 2.56. The molecule has 0 saturated carbocycles. The fourth-order valence-electron chi connectivity index (χ4n) is 9.68. The summed E-state index contributed by atoms with van der Waals surface area (Å²) >= 11 is 2.85. The summed E-state index contributed by atoms with van der Waals surface area (Å²) in [5, 5.41) is 24.6. The quantitative estimate of drug-likeness (QED) is 0.0241. The molecule has 0 spiro atoms. The summed E-state index contributed by atoms with van der Waals surface area (Å²) in [5.41, 5.74) is 1.49. The fraction of sp³-hybridized carbons (Fsp3) is 0.453. The number of hydrogen-bond donors (Lipinski definition) is 2. The van der Waals surface area contributed by atoms with Crippen LogP contribution in [0, 0.1) is 12.3 Å². The fourth-order valence-corrected chi connectivity index (χ4v) is 11.6. The van der Waals surface area contributed by atoms with Gasteiger partial charge in [-0.2, -0.15) is 0 Å². The predicted molar refractivity (Wildman–Crippen MR) is 285 cm³/mol. The number of thioether (sulfide) groups is 1. The van der Waals surface area contributed by atoms with Crippen LogP contribution in [0.2, 0.25) is 0 Å². The highest BCUT2D eigenvalue weighted by Crippen LogP contribution is 2.48. The van der Waals surface area contributed by atoms with Crippen LogP contribution in [-0.4, -0.2) is 147 Å². The van der Waals surface area contributed by atoms with Crippen molar-refractivity contribution in [1.82, 2.24) is 40.6 Å². The molecule has 5 aromatic rings. The van der Waals surface area contributed by atoms with Crippen molar-refractivity contribution in [3.63, 3.8) is 0 Å². The molecule has 2 N–H and O–H groups in total. The van der Waals surface area contributed by atoms with Gasteiger partial charge in [0.05, 0.1) is 44.6 Å². The summed E-state index contributed by atoms with van der Waals surface area (Å²) in [6.07, 6.45) is 2.69. The minimum atomic E-state index is -1.55. The summed E-state index contributed by atoms with van der Waals surface area (Å²) in [6, 6.07) is 19.6. The monoisotopic (exact) mass is 1070 g/mol. The molecule has 23 heteroatoms. The summed E-state index contributed by atoms with van der Waals surface area (Å²) < 4.78 is 30.4. The SMILES string of the molecule is [B]n1nnc(C2=C(C[N+]34CCC(CNC(=O)c5ccc(OCc6ccc(OC)cc6)c(OCc6ccc(OC)cc6)c5)(CC3)CC4)CS[C@@H]3[C@H](NC(=O)/C(=N\OC(C)(C)C(=O)OC(C)(C)C)c4csc(C)n4)C(=O)N23)n1. The van der Waals surface area contributed by atoms with E-state index in [-0.39, 0.29) is 41.1 Å². The zero-order valence-corrected chi connectivity index (χ0v) is 45.5. The van der Waals surface area contributed by atoms with Gasteiger partial charge in [0.2, 0.25) is 11.4 Å². The number of rotatable bonds is 20. The molecule has 7 heterocycles. The number of carbonyl (C=O) groups excluding carboxylic acids is 4. The van der Waals surface area contributed by atoms with E-state index in [0.29, 0.717) is 53.2 Å². The van der Waals surface area contributed by atoms with Crippen molar-refractivity contribution in [3.05, 3.63) is 111 Å². The number of benzene rings is 3. The van der Waals surface area contributed by atoms with E-state index in [0.717, 1.165) is 76.3 Å². The number of quaternary nitrogens is 1. The molecule has 2 radical (unpaired) electrons. The summed E-state index contributed by atoms with van der Waals surface area (Å²) in [6.45, 7) is 14.3. The molecule has 398 valence electrons.